The van der Waals surface area contributed by atoms with Gasteiger partial charge in [0.05, 0.1) is 22.4 Å². The summed E-state index contributed by atoms with van der Waals surface area (Å²) in [6, 6.07) is 58.4. The summed E-state index contributed by atoms with van der Waals surface area (Å²) in [5.41, 5.74) is 15.5. The molecule has 0 aromatic heterocycles. The number of fused-ring (bicyclic) bond motifs is 2. The van der Waals surface area contributed by atoms with Gasteiger partial charge in [-0.2, -0.15) is 0 Å². The Balaban J connectivity index is 1.15. The lowest BCUT2D eigenvalue weighted by molar-refractivity contribution is -0.151. The minimum Gasteiger partial charge on any atom is -0.359 e. The van der Waals surface area contributed by atoms with E-state index in [1.807, 2.05) is 0 Å². The van der Waals surface area contributed by atoms with Crippen LogP contribution >= 0.6 is 31.9 Å². The molecule has 7 aromatic carbocycles. The van der Waals surface area contributed by atoms with Crippen molar-refractivity contribution in [2.45, 2.75) is 129 Å². The molecule has 0 N–H and O–H groups in total. The van der Waals surface area contributed by atoms with E-state index < -0.39 is 0 Å². The van der Waals surface area contributed by atoms with Gasteiger partial charge in [-0.25, -0.2) is 0 Å². The predicted molar refractivity (Wildman–Crippen MR) is 293 cm³/mol. The lowest BCUT2D eigenvalue weighted by Crippen LogP contribution is -2.31. The van der Waals surface area contributed by atoms with Crippen LogP contribution < -0.4 is 9.80 Å². The summed E-state index contributed by atoms with van der Waals surface area (Å²) in [6.07, 6.45) is 7.61. The van der Waals surface area contributed by atoms with Crippen LogP contribution in [-0.2, 0) is 31.9 Å². The molecule has 2 aliphatic rings. The SMILES string of the molecule is CCC1(CC)OC(CC)(CC)c2cc(-c3cccc(N(c4ccc(Br)cc4)c4cccc(N(c5ccc(Br)cc5)c5cccc(-c6ccc7c(c6)C(CC)(CC)OC7(CC)CC)c5)c4)c3)ccc21. The lowest BCUT2D eigenvalue weighted by atomic mass is 9.81. The number of hydrogen-bond acceptors (Lipinski definition) is 4. The number of rotatable bonds is 16. The monoisotopic (exact) mass is 1030 g/mol. The second kappa shape index (κ2) is 19.4. The van der Waals surface area contributed by atoms with Gasteiger partial charge in [-0.3, -0.25) is 0 Å². The first kappa shape index (κ1) is 48.1. The van der Waals surface area contributed by atoms with Crippen molar-refractivity contribution in [2.24, 2.45) is 0 Å². The third kappa shape index (κ3) is 8.27. The Morgan fingerprint density at radius 3 is 0.941 bits per heavy atom. The van der Waals surface area contributed by atoms with E-state index in [0.29, 0.717) is 0 Å². The molecule has 7 aromatic rings. The summed E-state index contributed by atoms with van der Waals surface area (Å²) >= 11 is 7.43. The Morgan fingerprint density at radius 2 is 0.603 bits per heavy atom. The van der Waals surface area contributed by atoms with E-state index in [1.54, 1.807) is 0 Å². The molecule has 0 saturated heterocycles. The molecule has 0 fully saturated rings. The average Bonchev–Trinajstić information content (AvgIpc) is 3.85. The van der Waals surface area contributed by atoms with E-state index in [0.717, 1.165) is 94.4 Å². The number of halogens is 2. The van der Waals surface area contributed by atoms with Crippen LogP contribution in [0.2, 0.25) is 0 Å². The van der Waals surface area contributed by atoms with Gasteiger partial charge in [0, 0.05) is 43.1 Å². The Hall–Kier alpha value is -4.98. The highest BCUT2D eigenvalue weighted by atomic mass is 79.9. The lowest BCUT2D eigenvalue weighted by Gasteiger charge is -2.34. The molecule has 0 atom stereocenters. The topological polar surface area (TPSA) is 24.9 Å². The highest BCUT2D eigenvalue weighted by molar-refractivity contribution is 9.10. The van der Waals surface area contributed by atoms with Gasteiger partial charge in [-0.1, -0.05) is 142 Å². The van der Waals surface area contributed by atoms with Crippen molar-refractivity contribution in [3.8, 4) is 22.3 Å². The average molecular weight is 1030 g/mol. The molecule has 9 rings (SSSR count). The van der Waals surface area contributed by atoms with Crippen molar-refractivity contribution in [1.82, 2.24) is 0 Å². The molecule has 2 aliphatic heterocycles. The van der Waals surface area contributed by atoms with Crippen LogP contribution in [0.15, 0.2) is 167 Å². The molecule has 68 heavy (non-hydrogen) atoms. The normalized spacial score (nSPS) is 16.0. The van der Waals surface area contributed by atoms with Gasteiger partial charge < -0.3 is 19.3 Å². The van der Waals surface area contributed by atoms with Gasteiger partial charge in [0.1, 0.15) is 0 Å². The Labute approximate surface area is 423 Å². The van der Waals surface area contributed by atoms with E-state index in [9.17, 15) is 0 Å². The summed E-state index contributed by atoms with van der Waals surface area (Å²) < 4.78 is 16.3. The zero-order chi connectivity index (χ0) is 47.8. The van der Waals surface area contributed by atoms with Gasteiger partial charge in [-0.05, 0) is 199 Å². The highest BCUT2D eigenvalue weighted by Crippen LogP contribution is 2.56. The van der Waals surface area contributed by atoms with E-state index in [-0.39, 0.29) is 22.4 Å². The first-order valence-electron chi connectivity index (χ1n) is 25.1. The summed E-state index contributed by atoms with van der Waals surface area (Å²) in [7, 11) is 0. The number of nitrogens with zero attached hydrogens (tertiary/aromatic N) is 2. The van der Waals surface area contributed by atoms with Crippen molar-refractivity contribution in [1.29, 1.82) is 0 Å². The van der Waals surface area contributed by atoms with Crippen molar-refractivity contribution >= 4 is 66.0 Å². The van der Waals surface area contributed by atoms with Gasteiger partial charge in [0.2, 0.25) is 0 Å². The van der Waals surface area contributed by atoms with Crippen LogP contribution in [0.25, 0.3) is 22.3 Å². The molecule has 0 radical (unpaired) electrons. The standard InChI is InChI=1S/C62H66Br2N2O2/c1-9-59(10-2)55-36-26-45(40-57(55)61(13-5,14-6)67-59)43-20-17-22-51(38-43)65(49-32-28-47(63)29-33-49)53-24-19-25-54(42-53)66(50-34-30-48(64)31-35-50)52-23-18-21-44(39-52)46-27-37-56-58(41-46)62(15-7,16-8)68-60(56,11-3)12-4/h17-42H,9-16H2,1-8H3. The summed E-state index contributed by atoms with van der Waals surface area (Å²) in [5, 5.41) is 0. The van der Waals surface area contributed by atoms with Gasteiger partial charge in [0.15, 0.2) is 0 Å². The fourth-order valence-corrected chi connectivity index (χ4v) is 12.1. The zero-order valence-corrected chi connectivity index (χ0v) is 44.3. The number of anilines is 6. The van der Waals surface area contributed by atoms with Crippen molar-refractivity contribution in [2.75, 3.05) is 9.80 Å². The first-order valence-corrected chi connectivity index (χ1v) is 26.7. The molecule has 0 unspecified atom stereocenters. The maximum absolute atomic E-state index is 7.13. The Kier molecular flexibility index (Phi) is 13.7. The van der Waals surface area contributed by atoms with E-state index in [1.165, 1.54) is 44.5 Å². The molecule has 2 heterocycles. The summed E-state index contributed by atoms with van der Waals surface area (Å²) in [5.74, 6) is 0. The molecule has 0 aliphatic carbocycles. The van der Waals surface area contributed by atoms with Crippen LogP contribution in [0.5, 0.6) is 0 Å². The van der Waals surface area contributed by atoms with Crippen LogP contribution in [0.3, 0.4) is 0 Å². The second-order valence-corrected chi connectivity index (χ2v) is 20.6. The molecule has 4 nitrogen and oxygen atoms in total. The minimum atomic E-state index is -0.290. The smallest absolute Gasteiger partial charge is 0.0942 e. The molecule has 6 heteroatoms. The largest absolute Gasteiger partial charge is 0.359 e. The molecule has 0 saturated carbocycles. The van der Waals surface area contributed by atoms with E-state index in [4.69, 9.17) is 9.47 Å². The van der Waals surface area contributed by atoms with Crippen LogP contribution in [-0.4, -0.2) is 0 Å². The molecule has 350 valence electrons. The van der Waals surface area contributed by atoms with Crippen LogP contribution in [0.4, 0.5) is 34.1 Å². The predicted octanol–water partition coefficient (Wildman–Crippen LogP) is 19.6. The van der Waals surface area contributed by atoms with Crippen molar-refractivity contribution < 1.29 is 9.47 Å². The molecular weight excluding hydrogens is 965 g/mol. The first-order chi connectivity index (χ1) is 33.0. The van der Waals surface area contributed by atoms with Crippen LogP contribution in [0.1, 0.15) is 129 Å². The van der Waals surface area contributed by atoms with Crippen molar-refractivity contribution in [3.63, 3.8) is 0 Å². The number of ether oxygens (including phenoxy) is 2. The van der Waals surface area contributed by atoms with Gasteiger partial charge in [0.25, 0.3) is 0 Å². The van der Waals surface area contributed by atoms with Crippen molar-refractivity contribution in [3.05, 3.63) is 189 Å². The molecular formula is C62H66Br2N2O2. The zero-order valence-electron chi connectivity index (χ0n) is 41.1. The fraction of sp³-hybridized carbons (Fsp3) is 0.323. The molecule has 0 spiro atoms. The van der Waals surface area contributed by atoms with E-state index in [2.05, 4.69) is 255 Å². The third-order valence-electron chi connectivity index (χ3n) is 15.7. The summed E-state index contributed by atoms with van der Waals surface area (Å²) in [6.45, 7) is 18.2. The van der Waals surface area contributed by atoms with Gasteiger partial charge in [-0.15, -0.1) is 0 Å². The molecule has 0 bridgehead atoms. The quantitative estimate of drug-likeness (QED) is 0.0963. The fourth-order valence-electron chi connectivity index (χ4n) is 11.6. The third-order valence-corrected chi connectivity index (χ3v) is 16.8. The van der Waals surface area contributed by atoms with E-state index >= 15 is 0 Å². The minimum absolute atomic E-state index is 0.249. The second-order valence-electron chi connectivity index (χ2n) is 18.8. The van der Waals surface area contributed by atoms with Crippen LogP contribution in [0, 0.1) is 0 Å². The number of benzene rings is 7. The Bertz CT molecular complexity index is 2700. The number of hydrogen-bond donors (Lipinski definition) is 0. The molecule has 0 amide bonds. The maximum atomic E-state index is 7.13. The highest BCUT2D eigenvalue weighted by Gasteiger charge is 2.51. The van der Waals surface area contributed by atoms with Gasteiger partial charge >= 0.3 is 0 Å². The Morgan fingerprint density at radius 1 is 0.309 bits per heavy atom. The summed E-state index contributed by atoms with van der Waals surface area (Å²) in [4.78, 5) is 4.75. The maximum Gasteiger partial charge on any atom is 0.0942 e.